The van der Waals surface area contributed by atoms with Crippen molar-refractivity contribution in [3.8, 4) is 21.7 Å². The summed E-state index contributed by atoms with van der Waals surface area (Å²) in [6.45, 7) is 4.63. The van der Waals surface area contributed by atoms with E-state index in [4.69, 9.17) is 4.98 Å². The van der Waals surface area contributed by atoms with Crippen molar-refractivity contribution in [1.82, 2.24) is 14.6 Å². The normalized spacial score (nSPS) is 12.9. The van der Waals surface area contributed by atoms with Gasteiger partial charge in [0, 0.05) is 34.6 Å². The molecule has 8 rings (SSSR count). The predicted molar refractivity (Wildman–Crippen MR) is 174 cm³/mol. The Hall–Kier alpha value is -5.53. The predicted octanol–water partition coefficient (Wildman–Crippen LogP) is 8.55. The molecule has 0 atom stereocenters. The SMILES string of the molecule is C=CCn1cc(-c2nc3ccccc3s2)c2cc(-c3ccc4c5c(cccc35)C(=O)N(Nc3ccccc3)C4=O)ccc21. The van der Waals surface area contributed by atoms with Crippen LogP contribution in [0.3, 0.4) is 0 Å². The number of benzene rings is 5. The molecule has 3 heterocycles. The number of thiazole rings is 1. The Bertz CT molecular complexity index is 2210. The van der Waals surface area contributed by atoms with Gasteiger partial charge in [0.05, 0.1) is 27.0 Å². The van der Waals surface area contributed by atoms with Gasteiger partial charge in [-0.25, -0.2) is 4.98 Å². The van der Waals surface area contributed by atoms with E-state index in [0.717, 1.165) is 53.2 Å². The molecular formula is C36H24N4O2S. The Kier molecular flexibility index (Phi) is 5.74. The van der Waals surface area contributed by atoms with Crippen LogP contribution in [0.5, 0.6) is 0 Å². The van der Waals surface area contributed by atoms with E-state index in [2.05, 4.69) is 47.0 Å². The smallest absolute Gasteiger partial charge is 0.280 e. The maximum atomic E-state index is 13.6. The molecule has 0 saturated heterocycles. The fourth-order valence-electron chi connectivity index (χ4n) is 6.00. The largest absolute Gasteiger partial charge is 0.343 e. The first-order valence-corrected chi connectivity index (χ1v) is 14.8. The molecule has 0 fully saturated rings. The molecule has 206 valence electrons. The third-order valence-electron chi connectivity index (χ3n) is 7.96. The first-order valence-electron chi connectivity index (χ1n) is 14.0. The molecule has 7 heteroatoms. The summed E-state index contributed by atoms with van der Waals surface area (Å²) >= 11 is 1.68. The minimum atomic E-state index is -0.376. The number of hydrogen-bond acceptors (Lipinski definition) is 5. The van der Waals surface area contributed by atoms with Crippen molar-refractivity contribution in [2.24, 2.45) is 0 Å². The molecule has 43 heavy (non-hydrogen) atoms. The summed E-state index contributed by atoms with van der Waals surface area (Å²) in [6, 6.07) is 33.3. The molecule has 5 aromatic carbocycles. The highest BCUT2D eigenvalue weighted by molar-refractivity contribution is 7.21. The van der Waals surface area contributed by atoms with Gasteiger partial charge >= 0.3 is 0 Å². The minimum Gasteiger partial charge on any atom is -0.343 e. The van der Waals surface area contributed by atoms with Crippen LogP contribution in [0.2, 0.25) is 0 Å². The fourth-order valence-corrected chi connectivity index (χ4v) is 6.99. The van der Waals surface area contributed by atoms with Gasteiger partial charge in [0.25, 0.3) is 11.8 Å². The van der Waals surface area contributed by atoms with Gasteiger partial charge in [0.1, 0.15) is 5.01 Å². The van der Waals surface area contributed by atoms with E-state index >= 15 is 0 Å². The van der Waals surface area contributed by atoms with Crippen LogP contribution in [0.15, 0.2) is 122 Å². The van der Waals surface area contributed by atoms with Gasteiger partial charge in [0.2, 0.25) is 0 Å². The van der Waals surface area contributed by atoms with E-state index in [1.807, 2.05) is 78.9 Å². The fraction of sp³-hybridized carbons (Fsp3) is 0.0278. The van der Waals surface area contributed by atoms with Gasteiger partial charge in [-0.15, -0.1) is 17.9 Å². The highest BCUT2D eigenvalue weighted by Crippen LogP contribution is 2.41. The topological polar surface area (TPSA) is 67.2 Å². The van der Waals surface area contributed by atoms with E-state index in [1.54, 1.807) is 17.4 Å². The molecule has 0 aliphatic carbocycles. The number of rotatable bonds is 6. The van der Waals surface area contributed by atoms with Crippen LogP contribution >= 0.6 is 11.3 Å². The molecule has 2 amide bonds. The number of carbonyl (C=O) groups is 2. The third kappa shape index (κ3) is 3.97. The number of anilines is 1. The molecule has 0 spiro atoms. The first-order chi connectivity index (χ1) is 21.1. The highest BCUT2D eigenvalue weighted by Gasteiger charge is 2.34. The number of amides is 2. The maximum absolute atomic E-state index is 13.6. The second kappa shape index (κ2) is 9.79. The summed E-state index contributed by atoms with van der Waals surface area (Å²) in [7, 11) is 0. The molecule has 0 unspecified atom stereocenters. The van der Waals surface area contributed by atoms with Crippen LogP contribution in [-0.4, -0.2) is 26.4 Å². The first kappa shape index (κ1) is 25.2. The second-order valence-electron chi connectivity index (χ2n) is 10.5. The minimum absolute atomic E-state index is 0.376. The highest BCUT2D eigenvalue weighted by atomic mass is 32.1. The summed E-state index contributed by atoms with van der Waals surface area (Å²) in [4.78, 5) is 32.2. The van der Waals surface area contributed by atoms with Gasteiger partial charge < -0.3 is 4.57 Å². The number of allylic oxidation sites excluding steroid dienone is 1. The zero-order valence-electron chi connectivity index (χ0n) is 23.0. The molecule has 6 nitrogen and oxygen atoms in total. The number of aromatic nitrogens is 2. The van der Waals surface area contributed by atoms with E-state index in [9.17, 15) is 9.59 Å². The van der Waals surface area contributed by atoms with Gasteiger partial charge in [0.15, 0.2) is 0 Å². The Balaban J connectivity index is 1.28. The zero-order valence-corrected chi connectivity index (χ0v) is 23.8. The van der Waals surface area contributed by atoms with Gasteiger partial charge in [-0.1, -0.05) is 60.7 Å². The van der Waals surface area contributed by atoms with E-state index in [0.29, 0.717) is 28.7 Å². The van der Waals surface area contributed by atoms with Gasteiger partial charge in [-0.05, 0) is 65.0 Å². The van der Waals surface area contributed by atoms with Crippen molar-refractivity contribution in [2.45, 2.75) is 6.54 Å². The number of nitrogens with one attached hydrogen (secondary N) is 1. The monoisotopic (exact) mass is 576 g/mol. The number of carbonyl (C=O) groups excluding carboxylic acids is 2. The third-order valence-corrected chi connectivity index (χ3v) is 9.03. The van der Waals surface area contributed by atoms with E-state index in [1.165, 1.54) is 0 Å². The number of para-hydroxylation sites is 2. The lowest BCUT2D eigenvalue weighted by atomic mass is 9.89. The van der Waals surface area contributed by atoms with E-state index < -0.39 is 0 Å². The van der Waals surface area contributed by atoms with Crippen LogP contribution < -0.4 is 5.43 Å². The molecule has 0 radical (unpaired) electrons. The summed E-state index contributed by atoms with van der Waals surface area (Å²) in [5, 5.41) is 4.69. The Morgan fingerprint density at radius 2 is 1.53 bits per heavy atom. The summed E-state index contributed by atoms with van der Waals surface area (Å²) in [5.41, 5.74) is 9.74. The lowest BCUT2D eigenvalue weighted by molar-refractivity contribution is 0.0649. The van der Waals surface area contributed by atoms with Crippen LogP contribution in [0.4, 0.5) is 5.69 Å². The van der Waals surface area contributed by atoms with Gasteiger partial charge in [-0.2, -0.15) is 5.01 Å². The average Bonchev–Trinajstić information content (AvgIpc) is 3.63. The Labute approximate surface area is 251 Å². The molecule has 1 aliphatic heterocycles. The second-order valence-corrected chi connectivity index (χ2v) is 11.5. The molecular weight excluding hydrogens is 552 g/mol. The van der Waals surface area contributed by atoms with Gasteiger partial charge in [-0.3, -0.25) is 15.0 Å². The zero-order chi connectivity index (χ0) is 29.1. The standard InChI is InChI=1S/C36H24N4O2S/c1-2-19-39-21-29(34-37-30-13-6-7-14-32(30)43-34)28-20-22(15-18-31(28)39)24-16-17-27-33-25(24)11-8-12-26(33)35(41)40(36(27)42)38-23-9-4-3-5-10-23/h2-18,20-21,38H,1,19H2. The summed E-state index contributed by atoms with van der Waals surface area (Å²) < 4.78 is 3.34. The average molecular weight is 577 g/mol. The van der Waals surface area contributed by atoms with Crippen LogP contribution in [-0.2, 0) is 6.54 Å². The molecule has 0 bridgehead atoms. The van der Waals surface area contributed by atoms with Crippen molar-refractivity contribution < 1.29 is 9.59 Å². The Morgan fingerprint density at radius 3 is 2.35 bits per heavy atom. The molecule has 7 aromatic rings. The number of hydrazine groups is 1. The van der Waals surface area contributed by atoms with Crippen LogP contribution in [0.1, 0.15) is 20.7 Å². The van der Waals surface area contributed by atoms with E-state index in [-0.39, 0.29) is 11.8 Å². The molecule has 0 saturated carbocycles. The Morgan fingerprint density at radius 1 is 0.767 bits per heavy atom. The van der Waals surface area contributed by atoms with Crippen LogP contribution in [0, 0.1) is 0 Å². The number of hydrogen-bond donors (Lipinski definition) is 1. The maximum Gasteiger partial charge on any atom is 0.280 e. The quantitative estimate of drug-likeness (QED) is 0.159. The summed E-state index contributed by atoms with van der Waals surface area (Å²) in [5.74, 6) is -0.752. The number of nitrogens with zero attached hydrogens (tertiary/aromatic N) is 3. The lowest BCUT2D eigenvalue weighted by Gasteiger charge is -2.28. The van der Waals surface area contributed by atoms with Crippen molar-refractivity contribution in [3.05, 3.63) is 133 Å². The molecule has 2 aromatic heterocycles. The summed E-state index contributed by atoms with van der Waals surface area (Å²) in [6.07, 6.45) is 4.04. The molecule has 1 aliphatic rings. The number of imide groups is 1. The van der Waals surface area contributed by atoms with Crippen molar-refractivity contribution >= 4 is 60.7 Å². The number of fused-ring (bicyclic) bond motifs is 2. The van der Waals surface area contributed by atoms with Crippen molar-refractivity contribution in [2.75, 3.05) is 5.43 Å². The van der Waals surface area contributed by atoms with Crippen molar-refractivity contribution in [1.29, 1.82) is 0 Å². The molecule has 1 N–H and O–H groups in total. The van der Waals surface area contributed by atoms with Crippen molar-refractivity contribution in [3.63, 3.8) is 0 Å². The van der Waals surface area contributed by atoms with Crippen LogP contribution in [0.25, 0.3) is 53.6 Å². The lowest BCUT2D eigenvalue weighted by Crippen LogP contribution is -2.44.